The molecule has 1 heterocycles. The fourth-order valence-corrected chi connectivity index (χ4v) is 2.32. The molecule has 0 atom stereocenters. The van der Waals surface area contributed by atoms with E-state index in [9.17, 15) is 4.79 Å². The lowest BCUT2D eigenvalue weighted by atomic mass is 10.1. The van der Waals surface area contributed by atoms with Crippen LogP contribution in [0.4, 0.5) is 0 Å². The Balaban J connectivity index is 1.63. The molecule has 21 heavy (non-hydrogen) atoms. The standard InChI is InChI=1S/C16H21N3O2/c17-13-14-4-3-5-15(12-14)16(20)18-6-1-2-7-19-8-10-21-11-9-19/h3-5,12H,1-2,6-11H2,(H,18,20). The van der Waals surface area contributed by atoms with Crippen LogP contribution in [0.1, 0.15) is 28.8 Å². The lowest BCUT2D eigenvalue weighted by Crippen LogP contribution is -2.37. The Bertz CT molecular complexity index is 504. The average molecular weight is 287 g/mol. The van der Waals surface area contributed by atoms with Gasteiger partial charge in [0.1, 0.15) is 0 Å². The number of nitrogens with zero attached hydrogens (tertiary/aromatic N) is 2. The van der Waals surface area contributed by atoms with Gasteiger partial charge in [-0.3, -0.25) is 9.69 Å². The summed E-state index contributed by atoms with van der Waals surface area (Å²) >= 11 is 0. The summed E-state index contributed by atoms with van der Waals surface area (Å²) in [4.78, 5) is 14.3. The second-order valence-corrected chi connectivity index (χ2v) is 5.11. The Labute approximate surface area is 125 Å². The van der Waals surface area contributed by atoms with Crippen molar-refractivity contribution in [1.82, 2.24) is 10.2 Å². The fourth-order valence-electron chi connectivity index (χ4n) is 2.32. The smallest absolute Gasteiger partial charge is 0.251 e. The topological polar surface area (TPSA) is 65.4 Å². The van der Waals surface area contributed by atoms with Gasteiger partial charge in [0.25, 0.3) is 5.91 Å². The molecule has 0 bridgehead atoms. The normalized spacial score (nSPS) is 15.4. The maximum absolute atomic E-state index is 11.9. The van der Waals surface area contributed by atoms with Crippen molar-refractivity contribution in [2.24, 2.45) is 0 Å². The monoisotopic (exact) mass is 287 g/mol. The summed E-state index contributed by atoms with van der Waals surface area (Å²) < 4.78 is 5.30. The van der Waals surface area contributed by atoms with Gasteiger partial charge < -0.3 is 10.1 Å². The van der Waals surface area contributed by atoms with Crippen LogP contribution in [-0.2, 0) is 4.74 Å². The quantitative estimate of drug-likeness (QED) is 0.803. The second kappa shape index (κ2) is 8.40. The van der Waals surface area contributed by atoms with E-state index in [1.807, 2.05) is 6.07 Å². The van der Waals surface area contributed by atoms with Crippen molar-refractivity contribution in [2.45, 2.75) is 12.8 Å². The molecule has 1 aromatic rings. The highest BCUT2D eigenvalue weighted by atomic mass is 16.5. The summed E-state index contributed by atoms with van der Waals surface area (Å²) in [6.07, 6.45) is 2.03. The molecule has 112 valence electrons. The minimum absolute atomic E-state index is 0.113. The highest BCUT2D eigenvalue weighted by Crippen LogP contribution is 2.04. The summed E-state index contributed by atoms with van der Waals surface area (Å²) in [5, 5.41) is 11.7. The molecule has 1 aliphatic heterocycles. The maximum Gasteiger partial charge on any atom is 0.251 e. The Hall–Kier alpha value is -1.90. The van der Waals surface area contributed by atoms with Gasteiger partial charge in [0.05, 0.1) is 24.8 Å². The third-order valence-electron chi connectivity index (χ3n) is 3.54. The Morgan fingerprint density at radius 3 is 2.90 bits per heavy atom. The molecule has 1 fully saturated rings. The predicted molar refractivity (Wildman–Crippen MR) is 80.0 cm³/mol. The number of ether oxygens (including phenoxy) is 1. The van der Waals surface area contributed by atoms with Gasteiger partial charge in [-0.1, -0.05) is 6.07 Å². The number of hydrogen-bond donors (Lipinski definition) is 1. The third-order valence-corrected chi connectivity index (χ3v) is 3.54. The number of amides is 1. The van der Waals surface area contributed by atoms with Crippen molar-refractivity contribution in [3.63, 3.8) is 0 Å². The van der Waals surface area contributed by atoms with Gasteiger partial charge in [-0.15, -0.1) is 0 Å². The van der Waals surface area contributed by atoms with Crippen LogP contribution in [0.25, 0.3) is 0 Å². The summed E-state index contributed by atoms with van der Waals surface area (Å²) in [6.45, 7) is 5.39. The van der Waals surface area contributed by atoms with Crippen LogP contribution in [0.3, 0.4) is 0 Å². The summed E-state index contributed by atoms with van der Waals surface area (Å²) in [5.41, 5.74) is 1.05. The van der Waals surface area contributed by atoms with Gasteiger partial charge in [-0.05, 0) is 37.6 Å². The van der Waals surface area contributed by atoms with Crippen molar-refractivity contribution in [2.75, 3.05) is 39.4 Å². The largest absolute Gasteiger partial charge is 0.379 e. The first kappa shape index (κ1) is 15.5. The molecule has 1 aromatic carbocycles. The molecule has 1 N–H and O–H groups in total. The number of carbonyl (C=O) groups is 1. The molecular weight excluding hydrogens is 266 g/mol. The SMILES string of the molecule is N#Cc1cccc(C(=O)NCCCCN2CCOCC2)c1. The molecule has 0 spiro atoms. The van der Waals surface area contributed by atoms with Crippen LogP contribution < -0.4 is 5.32 Å². The molecular formula is C16H21N3O2. The van der Waals surface area contributed by atoms with Crippen LogP contribution >= 0.6 is 0 Å². The van der Waals surface area contributed by atoms with Crippen molar-refractivity contribution in [1.29, 1.82) is 5.26 Å². The Kier molecular flexibility index (Phi) is 6.20. The van der Waals surface area contributed by atoms with E-state index in [-0.39, 0.29) is 5.91 Å². The first-order valence-corrected chi connectivity index (χ1v) is 7.38. The van der Waals surface area contributed by atoms with Gasteiger partial charge in [-0.25, -0.2) is 0 Å². The first-order valence-electron chi connectivity index (χ1n) is 7.38. The van der Waals surface area contributed by atoms with E-state index >= 15 is 0 Å². The zero-order valence-electron chi connectivity index (χ0n) is 12.2. The molecule has 0 unspecified atom stereocenters. The third kappa shape index (κ3) is 5.18. The van der Waals surface area contributed by atoms with Crippen LogP contribution in [0, 0.1) is 11.3 Å². The number of benzene rings is 1. The van der Waals surface area contributed by atoms with Crippen LogP contribution in [0.5, 0.6) is 0 Å². The number of unbranched alkanes of at least 4 members (excludes halogenated alkanes) is 1. The number of hydrogen-bond acceptors (Lipinski definition) is 4. The van der Waals surface area contributed by atoms with Crippen molar-refractivity contribution < 1.29 is 9.53 Å². The molecule has 0 aliphatic carbocycles. The van der Waals surface area contributed by atoms with Gasteiger partial charge in [0.15, 0.2) is 0 Å². The summed E-state index contributed by atoms with van der Waals surface area (Å²) in [5.74, 6) is -0.113. The molecule has 2 rings (SSSR count). The maximum atomic E-state index is 11.9. The van der Waals surface area contributed by atoms with Gasteiger partial charge in [0, 0.05) is 25.2 Å². The zero-order chi connectivity index (χ0) is 14.9. The van der Waals surface area contributed by atoms with Crippen molar-refractivity contribution in [3.05, 3.63) is 35.4 Å². The lowest BCUT2D eigenvalue weighted by molar-refractivity contribution is 0.0372. The van der Waals surface area contributed by atoms with E-state index < -0.39 is 0 Å². The van der Waals surface area contributed by atoms with Gasteiger partial charge in [-0.2, -0.15) is 5.26 Å². The highest BCUT2D eigenvalue weighted by Gasteiger charge is 2.09. The number of rotatable bonds is 6. The van der Waals surface area contributed by atoms with Crippen LogP contribution in [0.15, 0.2) is 24.3 Å². The van der Waals surface area contributed by atoms with Gasteiger partial charge >= 0.3 is 0 Å². The van der Waals surface area contributed by atoms with E-state index in [4.69, 9.17) is 10.00 Å². The molecule has 1 aliphatic rings. The number of morpholine rings is 1. The molecule has 0 radical (unpaired) electrons. The minimum Gasteiger partial charge on any atom is -0.379 e. The highest BCUT2D eigenvalue weighted by molar-refractivity contribution is 5.94. The number of nitriles is 1. The van der Waals surface area contributed by atoms with E-state index in [1.165, 1.54) is 0 Å². The first-order chi connectivity index (χ1) is 10.3. The predicted octanol–water partition coefficient (Wildman–Crippen LogP) is 1.40. The minimum atomic E-state index is -0.113. The number of nitrogens with one attached hydrogen (secondary N) is 1. The average Bonchev–Trinajstić information content (AvgIpc) is 2.55. The van der Waals surface area contributed by atoms with E-state index in [0.29, 0.717) is 17.7 Å². The van der Waals surface area contributed by atoms with E-state index in [0.717, 1.165) is 45.7 Å². The summed E-state index contributed by atoms with van der Waals surface area (Å²) in [6, 6.07) is 8.80. The van der Waals surface area contributed by atoms with E-state index in [2.05, 4.69) is 10.2 Å². The van der Waals surface area contributed by atoms with Crippen LogP contribution in [-0.4, -0.2) is 50.2 Å². The van der Waals surface area contributed by atoms with Gasteiger partial charge in [0.2, 0.25) is 0 Å². The Morgan fingerprint density at radius 2 is 2.14 bits per heavy atom. The van der Waals surface area contributed by atoms with E-state index in [1.54, 1.807) is 24.3 Å². The summed E-state index contributed by atoms with van der Waals surface area (Å²) in [7, 11) is 0. The molecule has 1 saturated heterocycles. The Morgan fingerprint density at radius 1 is 1.33 bits per heavy atom. The van der Waals surface area contributed by atoms with Crippen LogP contribution in [0.2, 0.25) is 0 Å². The number of carbonyl (C=O) groups excluding carboxylic acids is 1. The molecule has 0 saturated carbocycles. The molecule has 1 amide bonds. The molecule has 5 heteroatoms. The molecule has 0 aromatic heterocycles. The second-order valence-electron chi connectivity index (χ2n) is 5.11. The lowest BCUT2D eigenvalue weighted by Gasteiger charge is -2.26. The van der Waals surface area contributed by atoms with Crippen molar-refractivity contribution >= 4 is 5.91 Å². The molecule has 5 nitrogen and oxygen atoms in total. The van der Waals surface area contributed by atoms with Crippen molar-refractivity contribution in [3.8, 4) is 6.07 Å². The zero-order valence-corrected chi connectivity index (χ0v) is 12.2. The fraction of sp³-hybridized carbons (Fsp3) is 0.500.